The number of ether oxygens (including phenoxy) is 1. The van der Waals surface area contributed by atoms with Gasteiger partial charge in [0.05, 0.1) is 13.1 Å². The number of carbonyl (C=O) groups excluding carboxylic acids is 3. The summed E-state index contributed by atoms with van der Waals surface area (Å²) < 4.78 is 5.51. The zero-order valence-electron chi connectivity index (χ0n) is 24.0. The summed E-state index contributed by atoms with van der Waals surface area (Å²) in [5, 5.41) is 5.52. The molecule has 0 saturated heterocycles. The third-order valence-electron chi connectivity index (χ3n) is 7.03. The summed E-state index contributed by atoms with van der Waals surface area (Å²) in [6, 6.07) is 26.0. The Bertz CT molecular complexity index is 1350. The number of carbonyl (C=O) groups is 3. The van der Waals surface area contributed by atoms with Gasteiger partial charge in [-0.2, -0.15) is 0 Å². The molecule has 0 aliphatic carbocycles. The Hall–Kier alpha value is -4.59. The molecule has 1 unspecified atom stereocenters. The number of likely N-dealkylation sites (N-methyl/N-ethyl adjacent to an activating group) is 1. The number of hydrogen-bond acceptors (Lipinski definition) is 6. The largest absolute Gasteiger partial charge is 0.461 e. The third kappa shape index (κ3) is 7.75. The second-order valence-electron chi connectivity index (χ2n) is 11.1. The monoisotopic (exact) mass is 554 g/mol. The minimum Gasteiger partial charge on any atom is -0.461 e. The summed E-state index contributed by atoms with van der Waals surface area (Å²) in [4.78, 5) is 43.0. The molecule has 1 aliphatic rings. The standard InChI is InChI=1S/C33H38N4O4/c1-33(2,3)30(32(40)34-4)35-31(39)28(21-29(38)41-22-24-11-7-5-8-12-24)37-20-19-36(23-37)27-17-15-26(16-18-27)25-13-9-6-10-14-25/h5-20,28,30H,21-23H2,1-4H3,(H,34,40)(H,35,39)/t28?,30-/m1/s1. The Labute approximate surface area is 242 Å². The van der Waals surface area contributed by atoms with Gasteiger partial charge >= 0.3 is 5.97 Å². The first-order valence-electron chi connectivity index (χ1n) is 13.7. The average molecular weight is 555 g/mol. The van der Waals surface area contributed by atoms with Crippen molar-refractivity contribution in [3.05, 3.63) is 103 Å². The van der Waals surface area contributed by atoms with Gasteiger partial charge in [0.15, 0.2) is 0 Å². The Kier molecular flexibility index (Phi) is 9.45. The average Bonchev–Trinajstić information content (AvgIpc) is 3.47. The van der Waals surface area contributed by atoms with Gasteiger partial charge in [-0.25, -0.2) is 0 Å². The summed E-state index contributed by atoms with van der Waals surface area (Å²) in [6.45, 7) is 6.12. The lowest BCUT2D eigenvalue weighted by Crippen LogP contribution is -2.57. The molecule has 1 heterocycles. The minimum absolute atomic E-state index is 0.118. The maximum atomic E-state index is 13.7. The fourth-order valence-corrected chi connectivity index (χ4v) is 4.66. The molecule has 0 bridgehead atoms. The van der Waals surface area contributed by atoms with E-state index in [1.165, 1.54) is 7.05 Å². The number of hydrogen-bond donors (Lipinski definition) is 2. The molecular formula is C33H38N4O4. The molecule has 2 atom stereocenters. The lowest BCUT2D eigenvalue weighted by Gasteiger charge is -2.33. The van der Waals surface area contributed by atoms with Crippen molar-refractivity contribution in [1.29, 1.82) is 0 Å². The SMILES string of the molecule is CNC(=O)[C@@H](NC(=O)C(CC(=O)OCc1ccccc1)N1C=CN(c2ccc(-c3ccccc3)cc2)C1)C(C)(C)C. The highest BCUT2D eigenvalue weighted by Crippen LogP contribution is 2.27. The molecule has 214 valence electrons. The van der Waals surface area contributed by atoms with Crippen LogP contribution in [0.5, 0.6) is 0 Å². The van der Waals surface area contributed by atoms with Crippen LogP contribution in [0.25, 0.3) is 11.1 Å². The van der Waals surface area contributed by atoms with Crippen molar-refractivity contribution in [2.45, 2.75) is 45.9 Å². The number of anilines is 1. The smallest absolute Gasteiger partial charge is 0.308 e. The lowest BCUT2D eigenvalue weighted by molar-refractivity contribution is -0.148. The summed E-state index contributed by atoms with van der Waals surface area (Å²) >= 11 is 0. The topological polar surface area (TPSA) is 91.0 Å². The number of nitrogens with zero attached hydrogens (tertiary/aromatic N) is 2. The van der Waals surface area contributed by atoms with Crippen molar-refractivity contribution < 1.29 is 19.1 Å². The van der Waals surface area contributed by atoms with Crippen LogP contribution >= 0.6 is 0 Å². The van der Waals surface area contributed by atoms with Gasteiger partial charge in [-0.1, -0.05) is 93.6 Å². The molecule has 0 aromatic heterocycles. The van der Waals surface area contributed by atoms with Crippen LogP contribution in [0.3, 0.4) is 0 Å². The number of rotatable bonds is 10. The van der Waals surface area contributed by atoms with Gasteiger partial charge in [0.2, 0.25) is 11.8 Å². The molecule has 3 aromatic carbocycles. The fraction of sp³-hybridized carbons (Fsp3) is 0.303. The van der Waals surface area contributed by atoms with E-state index < -0.39 is 29.4 Å². The van der Waals surface area contributed by atoms with E-state index in [-0.39, 0.29) is 18.9 Å². The van der Waals surface area contributed by atoms with Crippen molar-refractivity contribution in [3.63, 3.8) is 0 Å². The summed E-state index contributed by atoms with van der Waals surface area (Å²) in [6.07, 6.45) is 3.51. The summed E-state index contributed by atoms with van der Waals surface area (Å²) in [5.41, 5.74) is 3.51. The third-order valence-corrected chi connectivity index (χ3v) is 7.03. The van der Waals surface area contributed by atoms with Crippen molar-refractivity contribution in [2.24, 2.45) is 5.41 Å². The van der Waals surface area contributed by atoms with E-state index in [0.29, 0.717) is 6.67 Å². The highest BCUT2D eigenvalue weighted by atomic mass is 16.5. The predicted octanol–water partition coefficient (Wildman–Crippen LogP) is 4.68. The Morgan fingerprint density at radius 3 is 2.05 bits per heavy atom. The van der Waals surface area contributed by atoms with Crippen LogP contribution in [0.1, 0.15) is 32.8 Å². The Balaban J connectivity index is 1.49. The van der Waals surface area contributed by atoms with Crippen molar-refractivity contribution in [3.8, 4) is 11.1 Å². The maximum absolute atomic E-state index is 13.7. The first kappa shape index (κ1) is 29.4. The van der Waals surface area contributed by atoms with Crippen LogP contribution in [0.4, 0.5) is 5.69 Å². The number of nitrogens with one attached hydrogen (secondary N) is 2. The molecule has 2 N–H and O–H groups in total. The van der Waals surface area contributed by atoms with Crippen LogP contribution in [0.15, 0.2) is 97.3 Å². The van der Waals surface area contributed by atoms with Crippen LogP contribution in [-0.4, -0.2) is 48.5 Å². The van der Waals surface area contributed by atoms with E-state index in [0.717, 1.165) is 22.4 Å². The summed E-state index contributed by atoms with van der Waals surface area (Å²) in [7, 11) is 1.54. The second kappa shape index (κ2) is 13.2. The molecule has 2 amide bonds. The van der Waals surface area contributed by atoms with E-state index in [4.69, 9.17) is 4.74 Å². The number of benzene rings is 3. The molecule has 8 heteroatoms. The molecule has 1 aliphatic heterocycles. The van der Waals surface area contributed by atoms with Crippen LogP contribution in [-0.2, 0) is 25.7 Å². The molecule has 8 nitrogen and oxygen atoms in total. The molecule has 41 heavy (non-hydrogen) atoms. The minimum atomic E-state index is -0.877. The quantitative estimate of drug-likeness (QED) is 0.354. The van der Waals surface area contributed by atoms with Gasteiger partial charge in [0.1, 0.15) is 18.7 Å². The molecule has 3 aromatic rings. The molecule has 0 fully saturated rings. The van der Waals surface area contributed by atoms with Gasteiger partial charge in [0.25, 0.3) is 0 Å². The number of amides is 2. The van der Waals surface area contributed by atoms with Crippen molar-refractivity contribution in [2.75, 3.05) is 18.6 Å². The van der Waals surface area contributed by atoms with Gasteiger partial charge in [-0.05, 0) is 34.2 Å². The van der Waals surface area contributed by atoms with E-state index in [2.05, 4.69) is 34.9 Å². The van der Waals surface area contributed by atoms with Gasteiger partial charge < -0.3 is 25.2 Å². The Morgan fingerprint density at radius 1 is 0.829 bits per heavy atom. The van der Waals surface area contributed by atoms with E-state index in [1.807, 2.05) is 92.5 Å². The van der Waals surface area contributed by atoms with E-state index >= 15 is 0 Å². The maximum Gasteiger partial charge on any atom is 0.308 e. The van der Waals surface area contributed by atoms with Gasteiger partial charge in [-0.3, -0.25) is 14.4 Å². The van der Waals surface area contributed by atoms with Gasteiger partial charge in [0, 0.05) is 25.1 Å². The van der Waals surface area contributed by atoms with Crippen LogP contribution in [0.2, 0.25) is 0 Å². The van der Waals surface area contributed by atoms with Crippen LogP contribution in [0, 0.1) is 5.41 Å². The molecule has 0 radical (unpaired) electrons. The predicted molar refractivity (Wildman–Crippen MR) is 160 cm³/mol. The van der Waals surface area contributed by atoms with Crippen LogP contribution < -0.4 is 15.5 Å². The molecular weight excluding hydrogens is 516 g/mol. The zero-order valence-corrected chi connectivity index (χ0v) is 24.0. The van der Waals surface area contributed by atoms with Crippen molar-refractivity contribution >= 4 is 23.5 Å². The normalized spacial score (nSPS) is 14.3. The first-order chi connectivity index (χ1) is 19.7. The second-order valence-corrected chi connectivity index (χ2v) is 11.1. The lowest BCUT2D eigenvalue weighted by atomic mass is 9.86. The first-order valence-corrected chi connectivity index (χ1v) is 13.7. The molecule has 4 rings (SSSR count). The number of esters is 1. The van der Waals surface area contributed by atoms with Gasteiger partial charge in [-0.15, -0.1) is 0 Å². The highest BCUT2D eigenvalue weighted by molar-refractivity contribution is 5.92. The fourth-order valence-electron chi connectivity index (χ4n) is 4.66. The molecule has 0 saturated carbocycles. The summed E-state index contributed by atoms with van der Waals surface area (Å²) in [5.74, 6) is -1.22. The molecule has 0 spiro atoms. The zero-order chi connectivity index (χ0) is 29.4. The Morgan fingerprint density at radius 2 is 1.44 bits per heavy atom. The van der Waals surface area contributed by atoms with E-state index in [1.54, 1.807) is 11.1 Å². The van der Waals surface area contributed by atoms with Crippen molar-refractivity contribution in [1.82, 2.24) is 15.5 Å². The highest BCUT2D eigenvalue weighted by Gasteiger charge is 2.37. The van der Waals surface area contributed by atoms with E-state index in [9.17, 15) is 14.4 Å².